The number of rotatable bonds is 3. The Hall–Kier alpha value is -1.38. The van der Waals surface area contributed by atoms with E-state index in [1.807, 2.05) is 0 Å². The summed E-state index contributed by atoms with van der Waals surface area (Å²) in [6, 6.07) is 17.4. The van der Waals surface area contributed by atoms with Crippen LogP contribution in [0.5, 0.6) is 0 Å². The van der Waals surface area contributed by atoms with E-state index in [-0.39, 0.29) is 0 Å². The second-order valence-corrected chi connectivity index (χ2v) is 6.83. The van der Waals surface area contributed by atoms with Crippen molar-refractivity contribution in [3.05, 3.63) is 48.0 Å². The Kier molecular flexibility index (Phi) is 3.44. The molecular weight excluding hydrogens is 256 g/mol. The minimum absolute atomic E-state index is 0.443. The third kappa shape index (κ3) is 2.83. The van der Waals surface area contributed by atoms with Gasteiger partial charge in [0, 0.05) is 24.0 Å². The van der Waals surface area contributed by atoms with Gasteiger partial charge in [0.25, 0.3) is 0 Å². The first-order chi connectivity index (χ1) is 10.3. The number of nitrogens with two attached hydrogens (primary N) is 1. The summed E-state index contributed by atoms with van der Waals surface area (Å²) in [5.41, 5.74) is 7.49. The molecule has 0 bridgehead atoms. The van der Waals surface area contributed by atoms with Gasteiger partial charge in [0.15, 0.2) is 0 Å². The highest BCUT2D eigenvalue weighted by Gasteiger charge is 2.39. The minimum Gasteiger partial charge on any atom is -0.328 e. The van der Waals surface area contributed by atoms with Crippen LogP contribution in [0.25, 0.3) is 10.8 Å². The SMILES string of the molecule is NC1CCC(N[C@@H]2C[C@H]2c2ccc3ccccc3c2)CC1. The summed E-state index contributed by atoms with van der Waals surface area (Å²) in [5, 5.41) is 6.56. The first kappa shape index (κ1) is 13.3. The maximum Gasteiger partial charge on any atom is 0.0145 e. The molecule has 0 amide bonds. The van der Waals surface area contributed by atoms with Crippen molar-refractivity contribution in [3.8, 4) is 0 Å². The molecule has 0 aliphatic heterocycles. The normalized spacial score (nSPS) is 32.2. The molecule has 2 saturated carbocycles. The Labute approximate surface area is 126 Å². The fourth-order valence-corrected chi connectivity index (χ4v) is 3.77. The standard InChI is InChI=1S/C19H24N2/c20-16-7-9-17(10-8-16)21-19-12-18(19)15-6-5-13-3-1-2-4-14(13)11-15/h1-6,11,16-19,21H,7-10,12,20H2/t16?,17?,18-,19+/m0/s1. The average molecular weight is 280 g/mol. The number of nitrogens with one attached hydrogen (secondary N) is 1. The highest BCUT2D eigenvalue weighted by atomic mass is 15.0. The third-order valence-electron chi connectivity index (χ3n) is 5.21. The summed E-state index contributed by atoms with van der Waals surface area (Å²) in [6.07, 6.45) is 6.17. The van der Waals surface area contributed by atoms with Crippen molar-refractivity contribution in [2.45, 2.75) is 56.1 Å². The lowest BCUT2D eigenvalue weighted by Crippen LogP contribution is -2.38. The molecule has 0 aromatic heterocycles. The van der Waals surface area contributed by atoms with Crippen LogP contribution in [0.3, 0.4) is 0 Å². The fourth-order valence-electron chi connectivity index (χ4n) is 3.77. The molecule has 0 radical (unpaired) electrons. The van der Waals surface area contributed by atoms with Crippen LogP contribution < -0.4 is 11.1 Å². The van der Waals surface area contributed by atoms with Crippen LogP contribution in [0.2, 0.25) is 0 Å². The fraction of sp³-hybridized carbons (Fsp3) is 0.474. The Bertz CT molecular complexity index is 628. The predicted octanol–water partition coefficient (Wildman–Crippen LogP) is 3.56. The number of benzene rings is 2. The van der Waals surface area contributed by atoms with Crippen LogP contribution in [0.4, 0.5) is 0 Å². The van der Waals surface area contributed by atoms with Crippen LogP contribution in [-0.4, -0.2) is 18.1 Å². The lowest BCUT2D eigenvalue weighted by molar-refractivity contribution is 0.339. The van der Waals surface area contributed by atoms with E-state index in [0.717, 1.165) is 0 Å². The van der Waals surface area contributed by atoms with Gasteiger partial charge < -0.3 is 11.1 Å². The van der Waals surface area contributed by atoms with E-state index < -0.39 is 0 Å². The van der Waals surface area contributed by atoms with Crippen LogP contribution in [0.15, 0.2) is 42.5 Å². The molecule has 2 aromatic carbocycles. The molecule has 0 unspecified atom stereocenters. The van der Waals surface area contributed by atoms with E-state index in [2.05, 4.69) is 47.8 Å². The van der Waals surface area contributed by atoms with Crippen molar-refractivity contribution in [3.63, 3.8) is 0 Å². The minimum atomic E-state index is 0.443. The number of fused-ring (bicyclic) bond motifs is 1. The molecule has 2 heteroatoms. The smallest absolute Gasteiger partial charge is 0.0145 e. The highest BCUT2D eigenvalue weighted by molar-refractivity contribution is 5.83. The van der Waals surface area contributed by atoms with E-state index in [0.29, 0.717) is 24.0 Å². The topological polar surface area (TPSA) is 38.0 Å². The van der Waals surface area contributed by atoms with Gasteiger partial charge in [-0.2, -0.15) is 0 Å². The van der Waals surface area contributed by atoms with Crippen molar-refractivity contribution < 1.29 is 0 Å². The van der Waals surface area contributed by atoms with E-state index in [1.165, 1.54) is 48.4 Å². The molecule has 2 nitrogen and oxygen atoms in total. The van der Waals surface area contributed by atoms with E-state index in [4.69, 9.17) is 5.73 Å². The molecule has 2 atom stereocenters. The van der Waals surface area contributed by atoms with Gasteiger partial charge in [-0.15, -0.1) is 0 Å². The zero-order valence-corrected chi connectivity index (χ0v) is 12.5. The number of hydrogen-bond donors (Lipinski definition) is 2. The monoisotopic (exact) mass is 280 g/mol. The molecule has 0 saturated heterocycles. The zero-order valence-electron chi connectivity index (χ0n) is 12.5. The van der Waals surface area contributed by atoms with Gasteiger partial charge in [0.05, 0.1) is 0 Å². The summed E-state index contributed by atoms with van der Waals surface area (Å²) in [4.78, 5) is 0. The van der Waals surface area contributed by atoms with Crippen molar-refractivity contribution in [1.82, 2.24) is 5.32 Å². The Morgan fingerprint density at radius 2 is 1.67 bits per heavy atom. The molecular formula is C19H24N2. The maximum absolute atomic E-state index is 5.99. The Morgan fingerprint density at radius 1 is 0.905 bits per heavy atom. The van der Waals surface area contributed by atoms with Gasteiger partial charge >= 0.3 is 0 Å². The van der Waals surface area contributed by atoms with Crippen molar-refractivity contribution >= 4 is 10.8 Å². The molecule has 2 aliphatic carbocycles. The molecule has 2 aromatic rings. The van der Waals surface area contributed by atoms with Crippen LogP contribution in [-0.2, 0) is 0 Å². The Morgan fingerprint density at radius 3 is 2.48 bits per heavy atom. The summed E-state index contributed by atoms with van der Waals surface area (Å²) >= 11 is 0. The summed E-state index contributed by atoms with van der Waals surface area (Å²) < 4.78 is 0. The van der Waals surface area contributed by atoms with Crippen molar-refractivity contribution in [2.24, 2.45) is 5.73 Å². The van der Waals surface area contributed by atoms with Crippen LogP contribution in [0.1, 0.15) is 43.6 Å². The lowest BCUT2D eigenvalue weighted by atomic mass is 9.92. The van der Waals surface area contributed by atoms with E-state index >= 15 is 0 Å². The van der Waals surface area contributed by atoms with Crippen LogP contribution >= 0.6 is 0 Å². The second-order valence-electron chi connectivity index (χ2n) is 6.83. The Balaban J connectivity index is 1.41. The summed E-state index contributed by atoms with van der Waals surface area (Å²) in [7, 11) is 0. The predicted molar refractivity (Wildman–Crippen MR) is 88.5 cm³/mol. The average Bonchev–Trinajstić information content (AvgIpc) is 3.28. The molecule has 2 fully saturated rings. The largest absolute Gasteiger partial charge is 0.328 e. The molecule has 2 aliphatic rings. The van der Waals surface area contributed by atoms with Crippen molar-refractivity contribution in [2.75, 3.05) is 0 Å². The molecule has 110 valence electrons. The van der Waals surface area contributed by atoms with Gasteiger partial charge in [0.1, 0.15) is 0 Å². The maximum atomic E-state index is 5.99. The lowest BCUT2D eigenvalue weighted by Gasteiger charge is -2.27. The first-order valence-corrected chi connectivity index (χ1v) is 8.30. The van der Waals surface area contributed by atoms with Gasteiger partial charge in [-0.05, 0) is 48.4 Å². The summed E-state index contributed by atoms with van der Waals surface area (Å²) in [6.45, 7) is 0. The van der Waals surface area contributed by atoms with E-state index in [9.17, 15) is 0 Å². The zero-order chi connectivity index (χ0) is 14.2. The second kappa shape index (κ2) is 5.43. The van der Waals surface area contributed by atoms with Crippen LogP contribution in [0, 0.1) is 0 Å². The first-order valence-electron chi connectivity index (χ1n) is 8.30. The third-order valence-corrected chi connectivity index (χ3v) is 5.21. The molecule has 0 heterocycles. The highest BCUT2D eigenvalue weighted by Crippen LogP contribution is 2.42. The molecule has 0 spiro atoms. The van der Waals surface area contributed by atoms with Gasteiger partial charge in [-0.1, -0.05) is 42.5 Å². The molecule has 21 heavy (non-hydrogen) atoms. The molecule has 3 N–H and O–H groups in total. The van der Waals surface area contributed by atoms with Gasteiger partial charge in [-0.25, -0.2) is 0 Å². The summed E-state index contributed by atoms with van der Waals surface area (Å²) in [5.74, 6) is 0.713. The quantitative estimate of drug-likeness (QED) is 0.902. The van der Waals surface area contributed by atoms with Gasteiger partial charge in [-0.3, -0.25) is 0 Å². The number of hydrogen-bond acceptors (Lipinski definition) is 2. The van der Waals surface area contributed by atoms with Gasteiger partial charge in [0.2, 0.25) is 0 Å². The van der Waals surface area contributed by atoms with E-state index in [1.54, 1.807) is 0 Å². The van der Waals surface area contributed by atoms with Crippen molar-refractivity contribution in [1.29, 1.82) is 0 Å². The molecule has 4 rings (SSSR count).